The predicted octanol–water partition coefficient (Wildman–Crippen LogP) is 7.61. The van der Waals surface area contributed by atoms with Crippen LogP contribution < -0.4 is 4.74 Å². The third-order valence-electron chi connectivity index (χ3n) is 5.17. The summed E-state index contributed by atoms with van der Waals surface area (Å²) in [6.45, 7) is 17.7. The van der Waals surface area contributed by atoms with Crippen LogP contribution in [0, 0.1) is 10.8 Å². The topological polar surface area (TPSA) is 35.5 Å². The quantitative estimate of drug-likeness (QED) is 0.189. The van der Waals surface area contributed by atoms with Crippen LogP contribution in [0.2, 0.25) is 0 Å². The Morgan fingerprint density at radius 1 is 1.00 bits per heavy atom. The van der Waals surface area contributed by atoms with Gasteiger partial charge in [0.05, 0.1) is 18.6 Å². The van der Waals surface area contributed by atoms with Crippen molar-refractivity contribution >= 4 is 12.0 Å². The first-order valence-electron chi connectivity index (χ1n) is 11.3. The molecule has 0 saturated heterocycles. The lowest BCUT2D eigenvalue weighted by Gasteiger charge is -2.32. The molecular weight excluding hydrogens is 372 g/mol. The minimum Gasteiger partial charge on any atom is -0.494 e. The lowest BCUT2D eigenvalue weighted by molar-refractivity contribution is -0.157. The monoisotopic (exact) mass is 414 g/mol. The molecule has 1 unspecified atom stereocenters. The Hall–Kier alpha value is -2.03. The summed E-state index contributed by atoms with van der Waals surface area (Å²) in [6, 6.07) is 8.10. The summed E-state index contributed by atoms with van der Waals surface area (Å²) < 4.78 is 11.4. The molecule has 0 N–H and O–H groups in total. The van der Waals surface area contributed by atoms with E-state index in [1.54, 1.807) is 0 Å². The van der Waals surface area contributed by atoms with Crippen LogP contribution in [-0.4, -0.2) is 19.2 Å². The van der Waals surface area contributed by atoms with Gasteiger partial charge in [0.1, 0.15) is 5.75 Å². The summed E-state index contributed by atoms with van der Waals surface area (Å²) in [5.41, 5.74) is 1.91. The van der Waals surface area contributed by atoms with Gasteiger partial charge in [0.25, 0.3) is 0 Å². The molecule has 1 atom stereocenters. The van der Waals surface area contributed by atoms with Gasteiger partial charge in [-0.05, 0) is 75.5 Å². The van der Waals surface area contributed by atoms with Crippen molar-refractivity contribution in [1.29, 1.82) is 0 Å². The second-order valence-electron chi connectivity index (χ2n) is 9.80. The number of esters is 1. The second-order valence-corrected chi connectivity index (χ2v) is 9.80. The highest BCUT2D eigenvalue weighted by Crippen LogP contribution is 2.37. The van der Waals surface area contributed by atoms with Crippen LogP contribution in [0.1, 0.15) is 85.6 Å². The molecule has 0 fully saturated rings. The average Bonchev–Trinajstić information content (AvgIpc) is 2.67. The van der Waals surface area contributed by atoms with E-state index in [1.807, 2.05) is 50.3 Å². The molecule has 0 heterocycles. The van der Waals surface area contributed by atoms with Gasteiger partial charge in [-0.2, -0.15) is 0 Å². The summed E-state index contributed by atoms with van der Waals surface area (Å²) in [5, 5.41) is 0. The van der Waals surface area contributed by atoms with Gasteiger partial charge in [-0.25, -0.2) is 0 Å². The maximum Gasteiger partial charge on any atom is 0.311 e. The van der Waals surface area contributed by atoms with Crippen LogP contribution in [0.4, 0.5) is 0 Å². The van der Waals surface area contributed by atoms with E-state index in [9.17, 15) is 4.79 Å². The molecule has 168 valence electrons. The lowest BCUT2D eigenvalue weighted by atomic mass is 9.73. The van der Waals surface area contributed by atoms with Gasteiger partial charge < -0.3 is 9.47 Å². The number of allylic oxidation sites excluding steroid dienone is 2. The zero-order valence-corrected chi connectivity index (χ0v) is 20.1. The van der Waals surface area contributed by atoms with Crippen LogP contribution in [-0.2, 0) is 9.53 Å². The molecule has 1 aromatic rings. The Labute approximate surface area is 184 Å². The van der Waals surface area contributed by atoms with E-state index >= 15 is 0 Å². The third-order valence-corrected chi connectivity index (χ3v) is 5.17. The molecule has 0 bridgehead atoms. The van der Waals surface area contributed by atoms with Crippen molar-refractivity contribution in [1.82, 2.24) is 0 Å². The molecule has 0 amide bonds. The molecule has 30 heavy (non-hydrogen) atoms. The highest BCUT2D eigenvalue weighted by molar-refractivity contribution is 5.76. The van der Waals surface area contributed by atoms with Crippen molar-refractivity contribution in [2.45, 2.75) is 80.1 Å². The fourth-order valence-electron chi connectivity index (χ4n) is 3.51. The van der Waals surface area contributed by atoms with Gasteiger partial charge in [0.2, 0.25) is 0 Å². The van der Waals surface area contributed by atoms with Crippen molar-refractivity contribution in [2.75, 3.05) is 13.2 Å². The molecular formula is C27H42O3. The van der Waals surface area contributed by atoms with Gasteiger partial charge in [-0.3, -0.25) is 4.79 Å². The van der Waals surface area contributed by atoms with Gasteiger partial charge >= 0.3 is 5.97 Å². The van der Waals surface area contributed by atoms with Crippen LogP contribution >= 0.6 is 0 Å². The normalized spacial score (nSPS) is 13.8. The number of carbonyl (C=O) groups is 1. The predicted molar refractivity (Wildman–Crippen MR) is 128 cm³/mol. The first-order valence-corrected chi connectivity index (χ1v) is 11.3. The van der Waals surface area contributed by atoms with Gasteiger partial charge in [-0.15, -0.1) is 0 Å². The molecule has 0 radical (unpaired) electrons. The zero-order chi connectivity index (χ0) is 22.6. The highest BCUT2D eigenvalue weighted by Gasteiger charge is 2.36. The molecule has 3 heteroatoms. The summed E-state index contributed by atoms with van der Waals surface area (Å²) >= 11 is 0. The largest absolute Gasteiger partial charge is 0.494 e. The maximum atomic E-state index is 12.5. The van der Waals surface area contributed by atoms with Gasteiger partial charge in [0.15, 0.2) is 0 Å². The van der Waals surface area contributed by atoms with Crippen molar-refractivity contribution < 1.29 is 14.3 Å². The van der Waals surface area contributed by atoms with Gasteiger partial charge in [0, 0.05) is 0 Å². The molecule has 0 spiro atoms. The van der Waals surface area contributed by atoms with Crippen LogP contribution in [0.5, 0.6) is 5.75 Å². The summed E-state index contributed by atoms with van der Waals surface area (Å²) in [5.74, 6) is 0.846. The number of ether oxygens (including phenoxy) is 2. The van der Waals surface area contributed by atoms with E-state index in [2.05, 4.69) is 34.3 Å². The Morgan fingerprint density at radius 3 is 2.13 bits per heavy atom. The van der Waals surface area contributed by atoms with Crippen molar-refractivity contribution in [3.63, 3.8) is 0 Å². The Balaban J connectivity index is 2.18. The Bertz CT molecular complexity index is 679. The zero-order valence-electron chi connectivity index (χ0n) is 20.1. The van der Waals surface area contributed by atoms with Crippen molar-refractivity contribution in [2.24, 2.45) is 10.8 Å². The van der Waals surface area contributed by atoms with Crippen LogP contribution in [0.25, 0.3) is 6.08 Å². The van der Waals surface area contributed by atoms with Crippen molar-refractivity contribution in [3.8, 4) is 5.75 Å². The SMILES string of the molecule is C=C(C)/C=C/c1ccc(OCCCCCCOC(=O)C(C)(CC)CC(C)(C)C)cc1. The first kappa shape index (κ1) is 26.0. The Morgan fingerprint density at radius 2 is 1.60 bits per heavy atom. The van der Waals surface area contributed by atoms with E-state index in [0.717, 1.165) is 55.4 Å². The molecule has 0 aliphatic rings. The van der Waals surface area contributed by atoms with E-state index in [1.165, 1.54) is 0 Å². The summed E-state index contributed by atoms with van der Waals surface area (Å²) in [7, 11) is 0. The molecule has 1 aromatic carbocycles. The van der Waals surface area contributed by atoms with E-state index < -0.39 is 0 Å². The third kappa shape index (κ3) is 10.7. The molecule has 3 nitrogen and oxygen atoms in total. The summed E-state index contributed by atoms with van der Waals surface area (Å²) in [6.07, 6.45) is 9.73. The standard InChI is InChI=1S/C27H42O3/c1-8-27(7,21-26(4,5)6)25(28)30-20-12-10-9-11-19-29-24-17-15-23(16-18-24)14-13-22(2)3/h13-18H,2,8-12,19-21H2,1,3-7H3/b14-13+. The van der Waals surface area contributed by atoms with E-state index in [-0.39, 0.29) is 16.8 Å². The minimum absolute atomic E-state index is 0.0511. The molecule has 0 aliphatic heterocycles. The number of hydrogen-bond donors (Lipinski definition) is 0. The smallest absolute Gasteiger partial charge is 0.311 e. The molecule has 0 aliphatic carbocycles. The maximum absolute atomic E-state index is 12.5. The number of hydrogen-bond acceptors (Lipinski definition) is 3. The fourth-order valence-corrected chi connectivity index (χ4v) is 3.51. The average molecular weight is 415 g/mol. The van der Waals surface area contributed by atoms with Gasteiger partial charge in [-0.1, -0.05) is 64.1 Å². The molecule has 0 saturated carbocycles. The first-order chi connectivity index (χ1) is 14.1. The number of benzene rings is 1. The fraction of sp³-hybridized carbons (Fsp3) is 0.593. The molecule has 1 rings (SSSR count). The van der Waals surface area contributed by atoms with E-state index in [0.29, 0.717) is 13.2 Å². The lowest BCUT2D eigenvalue weighted by Crippen LogP contribution is -2.33. The number of rotatable bonds is 13. The highest BCUT2D eigenvalue weighted by atomic mass is 16.5. The van der Waals surface area contributed by atoms with Crippen LogP contribution in [0.3, 0.4) is 0 Å². The number of unbranched alkanes of at least 4 members (excludes halogenated alkanes) is 3. The van der Waals surface area contributed by atoms with E-state index in [4.69, 9.17) is 9.47 Å². The minimum atomic E-state index is -0.387. The van der Waals surface area contributed by atoms with Crippen molar-refractivity contribution in [3.05, 3.63) is 48.1 Å². The van der Waals surface area contributed by atoms with Crippen LogP contribution in [0.15, 0.2) is 42.5 Å². The summed E-state index contributed by atoms with van der Waals surface area (Å²) in [4.78, 5) is 12.5. The molecule has 0 aromatic heterocycles. The number of carbonyl (C=O) groups excluding carboxylic acids is 1. The second kappa shape index (κ2) is 12.6. The Kier molecular flexibility index (Phi) is 10.9.